The van der Waals surface area contributed by atoms with Gasteiger partial charge in [-0.3, -0.25) is 0 Å². The Labute approximate surface area is 414 Å². The first-order valence-electron chi connectivity index (χ1n) is 24.9. The lowest BCUT2D eigenvalue weighted by atomic mass is 9.81. The van der Waals surface area contributed by atoms with Crippen LogP contribution < -0.4 is 0 Å². The molecule has 0 saturated heterocycles. The Morgan fingerprint density at radius 1 is 0.197 bits per heavy atom. The van der Waals surface area contributed by atoms with Crippen molar-refractivity contribution in [3.8, 4) is 77.9 Å². The first-order chi connectivity index (χ1) is 35.0. The zero-order chi connectivity index (χ0) is 47.2. The highest BCUT2D eigenvalue weighted by molar-refractivity contribution is 6.25. The highest BCUT2D eigenvalue weighted by Gasteiger charge is 2.35. The minimum Gasteiger partial charge on any atom is -0.0622 e. The molecule has 0 nitrogen and oxygen atoms in total. The van der Waals surface area contributed by atoms with Crippen molar-refractivity contribution in [1.82, 2.24) is 0 Å². The third kappa shape index (κ3) is 6.38. The van der Waals surface area contributed by atoms with Gasteiger partial charge in [-0.1, -0.05) is 257 Å². The van der Waals surface area contributed by atoms with Gasteiger partial charge in [0.2, 0.25) is 0 Å². The Kier molecular flexibility index (Phi) is 9.35. The fourth-order valence-electron chi connectivity index (χ4n) is 12.4. The van der Waals surface area contributed by atoms with Gasteiger partial charge in [0, 0.05) is 5.41 Å². The van der Waals surface area contributed by atoms with Gasteiger partial charge in [0.05, 0.1) is 0 Å². The predicted molar refractivity (Wildman–Crippen MR) is 304 cm³/mol. The van der Waals surface area contributed by atoms with E-state index >= 15 is 0 Å². The summed E-state index contributed by atoms with van der Waals surface area (Å²) in [6, 6.07) is 95.0. The predicted octanol–water partition coefficient (Wildman–Crippen LogP) is 19.8. The van der Waals surface area contributed by atoms with E-state index in [1.807, 2.05) is 0 Å². The van der Waals surface area contributed by atoms with Crippen molar-refractivity contribution in [1.29, 1.82) is 0 Å². The van der Waals surface area contributed by atoms with Crippen LogP contribution in [0, 0.1) is 0 Å². The van der Waals surface area contributed by atoms with E-state index in [9.17, 15) is 0 Å². The molecular weight excluding hydrogens is 853 g/mol. The topological polar surface area (TPSA) is 0 Å². The summed E-state index contributed by atoms with van der Waals surface area (Å²) in [5.41, 5.74) is 20.3. The van der Waals surface area contributed by atoms with E-state index in [4.69, 9.17) is 0 Å². The molecule has 1 aliphatic rings. The summed E-state index contributed by atoms with van der Waals surface area (Å²) < 4.78 is 0. The average molecular weight is 901 g/mol. The van der Waals surface area contributed by atoms with Crippen LogP contribution in [0.25, 0.3) is 132 Å². The van der Waals surface area contributed by atoms with Gasteiger partial charge in [0.15, 0.2) is 0 Å². The number of hydrogen-bond acceptors (Lipinski definition) is 0. The van der Waals surface area contributed by atoms with Gasteiger partial charge in [-0.05, 0) is 155 Å². The van der Waals surface area contributed by atoms with Gasteiger partial charge in [-0.2, -0.15) is 0 Å². The fraction of sp³-hybridized carbons (Fsp3) is 0.0423. The molecule has 0 fully saturated rings. The molecule has 0 aliphatic heterocycles. The smallest absolute Gasteiger partial charge is 0.0159 e. The summed E-state index contributed by atoms with van der Waals surface area (Å²) in [5.74, 6) is 0. The SMILES string of the molecule is CC1(C)c2ccccc2-c2ccc(-c3ccc(-c4c5ccccc5c(-c5ccc(-c6c7ccccc7c(-c7ccccc7)c7cc(-c8ccccc8)ccc67)cc5)c5ccccc45)c4ccccc34)cc21. The van der Waals surface area contributed by atoms with Crippen LogP contribution in [0.2, 0.25) is 0 Å². The average Bonchev–Trinajstić information content (AvgIpc) is 3.66. The molecule has 0 atom stereocenters. The Morgan fingerprint density at radius 2 is 0.563 bits per heavy atom. The van der Waals surface area contributed by atoms with Gasteiger partial charge in [0.1, 0.15) is 0 Å². The molecule has 332 valence electrons. The molecule has 13 aromatic carbocycles. The maximum absolute atomic E-state index is 2.45. The molecule has 1 aliphatic carbocycles. The van der Waals surface area contributed by atoms with Crippen molar-refractivity contribution >= 4 is 53.9 Å². The minimum absolute atomic E-state index is 0.0678. The van der Waals surface area contributed by atoms with Gasteiger partial charge in [-0.25, -0.2) is 0 Å². The standard InChI is InChI=1S/C71H48/c1-71(2)65-32-18-17-25-54(65)55-39-38-50(44-66(55)71)51-41-42-62(53-24-10-9-23-52(51)53)70-60-30-15-13-28-58(60)67(59-29-14-16-31-61(59)70)47-33-35-48(36-34-47)68-56-26-11-12-27-57(56)69(46-21-7-4-8-22-46)64-43-49(37-40-63(64)68)45-19-5-3-6-20-45/h3-44H,1-2H3. The molecule has 0 heterocycles. The molecule has 0 heteroatoms. The second kappa shape index (κ2) is 16.1. The first kappa shape index (κ1) is 41.2. The summed E-state index contributed by atoms with van der Waals surface area (Å²) in [4.78, 5) is 0. The van der Waals surface area contributed by atoms with Crippen molar-refractivity contribution in [2.45, 2.75) is 19.3 Å². The summed E-state index contributed by atoms with van der Waals surface area (Å²) in [5, 5.41) is 12.5. The highest BCUT2D eigenvalue weighted by atomic mass is 14.4. The molecule has 0 aromatic heterocycles. The number of fused-ring (bicyclic) bond motifs is 8. The molecule has 13 aromatic rings. The van der Waals surface area contributed by atoms with Crippen LogP contribution in [-0.2, 0) is 5.41 Å². The molecule has 0 N–H and O–H groups in total. The zero-order valence-corrected chi connectivity index (χ0v) is 39.7. The molecule has 14 rings (SSSR count). The van der Waals surface area contributed by atoms with Crippen LogP contribution in [0.15, 0.2) is 255 Å². The maximum atomic E-state index is 2.45. The molecule has 0 unspecified atom stereocenters. The van der Waals surface area contributed by atoms with Gasteiger partial charge in [0.25, 0.3) is 0 Å². The molecule has 0 saturated carbocycles. The molecule has 0 spiro atoms. The van der Waals surface area contributed by atoms with E-state index in [1.165, 1.54) is 143 Å². The van der Waals surface area contributed by atoms with Crippen LogP contribution in [0.5, 0.6) is 0 Å². The first-order valence-corrected chi connectivity index (χ1v) is 24.9. The summed E-state index contributed by atoms with van der Waals surface area (Å²) in [7, 11) is 0. The molecule has 0 bridgehead atoms. The zero-order valence-electron chi connectivity index (χ0n) is 39.7. The fourth-order valence-corrected chi connectivity index (χ4v) is 12.4. The van der Waals surface area contributed by atoms with Crippen molar-refractivity contribution < 1.29 is 0 Å². The summed E-state index contributed by atoms with van der Waals surface area (Å²) >= 11 is 0. The number of rotatable bonds is 6. The van der Waals surface area contributed by atoms with Gasteiger partial charge in [-0.15, -0.1) is 0 Å². The monoisotopic (exact) mass is 900 g/mol. The lowest BCUT2D eigenvalue weighted by Crippen LogP contribution is -2.14. The molecular formula is C71H48. The van der Waals surface area contributed by atoms with Crippen LogP contribution in [0.1, 0.15) is 25.0 Å². The minimum atomic E-state index is -0.0678. The van der Waals surface area contributed by atoms with Crippen molar-refractivity contribution in [3.05, 3.63) is 266 Å². The Balaban J connectivity index is 0.930. The lowest BCUT2D eigenvalue weighted by molar-refractivity contribution is 0.660. The van der Waals surface area contributed by atoms with E-state index in [0.717, 1.165) is 0 Å². The van der Waals surface area contributed by atoms with Crippen LogP contribution in [0.4, 0.5) is 0 Å². The lowest BCUT2D eigenvalue weighted by Gasteiger charge is -2.22. The summed E-state index contributed by atoms with van der Waals surface area (Å²) in [6.45, 7) is 4.74. The second-order valence-corrected chi connectivity index (χ2v) is 19.8. The Hall–Kier alpha value is -8.84. The van der Waals surface area contributed by atoms with E-state index in [-0.39, 0.29) is 5.41 Å². The Bertz CT molecular complexity index is 4210. The number of benzene rings is 13. The normalized spacial score (nSPS) is 12.8. The van der Waals surface area contributed by atoms with Crippen molar-refractivity contribution in [3.63, 3.8) is 0 Å². The van der Waals surface area contributed by atoms with E-state index in [2.05, 4.69) is 269 Å². The third-order valence-electron chi connectivity index (χ3n) is 15.7. The van der Waals surface area contributed by atoms with Gasteiger partial charge < -0.3 is 0 Å². The van der Waals surface area contributed by atoms with Crippen molar-refractivity contribution in [2.24, 2.45) is 0 Å². The molecule has 0 radical (unpaired) electrons. The van der Waals surface area contributed by atoms with E-state index in [0.29, 0.717) is 0 Å². The largest absolute Gasteiger partial charge is 0.0622 e. The molecule has 0 amide bonds. The van der Waals surface area contributed by atoms with Crippen LogP contribution in [-0.4, -0.2) is 0 Å². The van der Waals surface area contributed by atoms with Crippen molar-refractivity contribution in [2.75, 3.05) is 0 Å². The summed E-state index contributed by atoms with van der Waals surface area (Å²) in [6.07, 6.45) is 0. The van der Waals surface area contributed by atoms with E-state index < -0.39 is 0 Å². The number of hydrogen-bond donors (Lipinski definition) is 0. The molecule has 71 heavy (non-hydrogen) atoms. The van der Waals surface area contributed by atoms with Crippen LogP contribution >= 0.6 is 0 Å². The quantitative estimate of drug-likeness (QED) is 0.146. The van der Waals surface area contributed by atoms with Crippen LogP contribution in [0.3, 0.4) is 0 Å². The second-order valence-electron chi connectivity index (χ2n) is 19.8. The Morgan fingerprint density at radius 3 is 1.14 bits per heavy atom. The van der Waals surface area contributed by atoms with E-state index in [1.54, 1.807) is 0 Å². The highest BCUT2D eigenvalue weighted by Crippen LogP contribution is 2.52. The third-order valence-corrected chi connectivity index (χ3v) is 15.7. The van der Waals surface area contributed by atoms with Gasteiger partial charge >= 0.3 is 0 Å². The maximum Gasteiger partial charge on any atom is 0.0159 e.